The molecule has 8 nitrogen and oxygen atoms in total. The third kappa shape index (κ3) is 4.65. The van der Waals surface area contributed by atoms with Crippen molar-refractivity contribution >= 4 is 22.7 Å². The first-order valence-electron chi connectivity index (χ1n) is 12.3. The van der Waals surface area contributed by atoms with Crippen LogP contribution in [-0.2, 0) is 11.3 Å². The van der Waals surface area contributed by atoms with Gasteiger partial charge in [0.2, 0.25) is 5.91 Å². The van der Waals surface area contributed by atoms with Crippen LogP contribution in [-0.4, -0.2) is 57.3 Å². The minimum absolute atomic E-state index is 0.0749. The number of aryl methyl sites for hydroxylation is 1. The van der Waals surface area contributed by atoms with Crippen molar-refractivity contribution in [3.8, 4) is 0 Å². The van der Waals surface area contributed by atoms with E-state index in [-0.39, 0.29) is 24.3 Å². The summed E-state index contributed by atoms with van der Waals surface area (Å²) in [7, 11) is 0. The molecule has 1 saturated carbocycles. The van der Waals surface area contributed by atoms with Crippen LogP contribution < -0.4 is 11.2 Å². The summed E-state index contributed by atoms with van der Waals surface area (Å²) in [6.07, 6.45) is 4.23. The number of carbonyl (C=O) groups excluding carboxylic acids is 2. The van der Waals surface area contributed by atoms with E-state index in [1.807, 2.05) is 30.0 Å². The average Bonchev–Trinajstić information content (AvgIpc) is 3.41. The Morgan fingerprint density at radius 2 is 1.66 bits per heavy atom. The number of nitrogens with one attached hydrogen (secondary N) is 1. The van der Waals surface area contributed by atoms with Crippen LogP contribution in [0.1, 0.15) is 47.2 Å². The van der Waals surface area contributed by atoms with E-state index in [1.54, 1.807) is 29.2 Å². The zero-order valence-corrected chi connectivity index (χ0v) is 20.0. The maximum atomic E-state index is 13.2. The second kappa shape index (κ2) is 9.52. The molecule has 1 N–H and O–H groups in total. The molecule has 182 valence electrons. The number of H-pyrrole nitrogens is 1. The van der Waals surface area contributed by atoms with Gasteiger partial charge in [0.15, 0.2) is 0 Å². The maximum Gasteiger partial charge on any atom is 0.329 e. The molecule has 0 bridgehead atoms. The second-order valence-corrected chi connectivity index (χ2v) is 9.67. The van der Waals surface area contributed by atoms with Gasteiger partial charge in [-0.3, -0.25) is 23.9 Å². The van der Waals surface area contributed by atoms with Gasteiger partial charge in [-0.1, -0.05) is 36.6 Å². The topological polar surface area (TPSA) is 95.5 Å². The van der Waals surface area contributed by atoms with E-state index < -0.39 is 11.2 Å². The normalized spacial score (nSPS) is 16.7. The highest BCUT2D eigenvalue weighted by atomic mass is 16.2. The van der Waals surface area contributed by atoms with E-state index in [4.69, 9.17) is 0 Å². The molecule has 3 aromatic rings. The summed E-state index contributed by atoms with van der Waals surface area (Å²) in [6, 6.07) is 12.7. The molecule has 1 aliphatic heterocycles. The Balaban J connectivity index is 1.31. The molecule has 5 rings (SSSR count). The summed E-state index contributed by atoms with van der Waals surface area (Å²) in [5, 5.41) is 0.460. The highest BCUT2D eigenvalue weighted by Crippen LogP contribution is 2.27. The lowest BCUT2D eigenvalue weighted by atomic mass is 10.1. The fourth-order valence-electron chi connectivity index (χ4n) is 5.29. The van der Waals surface area contributed by atoms with Gasteiger partial charge in [0.05, 0.1) is 17.4 Å². The minimum atomic E-state index is -0.480. The highest BCUT2D eigenvalue weighted by Gasteiger charge is 2.30. The van der Waals surface area contributed by atoms with Gasteiger partial charge in [0, 0.05) is 37.7 Å². The van der Waals surface area contributed by atoms with Crippen molar-refractivity contribution in [2.75, 3.05) is 26.2 Å². The van der Waals surface area contributed by atoms with Crippen LogP contribution in [0, 0.1) is 12.8 Å². The van der Waals surface area contributed by atoms with Crippen molar-refractivity contribution in [3.63, 3.8) is 0 Å². The van der Waals surface area contributed by atoms with E-state index >= 15 is 0 Å². The lowest BCUT2D eigenvalue weighted by molar-refractivity contribution is -0.136. The van der Waals surface area contributed by atoms with Gasteiger partial charge in [-0.2, -0.15) is 0 Å². The van der Waals surface area contributed by atoms with Crippen molar-refractivity contribution in [2.24, 2.45) is 5.92 Å². The molecule has 2 aliphatic rings. The molecule has 2 heterocycles. The van der Waals surface area contributed by atoms with Gasteiger partial charge >= 0.3 is 5.69 Å². The number of amides is 2. The van der Waals surface area contributed by atoms with E-state index in [1.165, 1.54) is 4.57 Å². The number of carbonyl (C=O) groups is 2. The Hall–Kier alpha value is -3.68. The summed E-state index contributed by atoms with van der Waals surface area (Å²) in [5.74, 6) is 0.324. The molecule has 1 saturated heterocycles. The zero-order chi connectivity index (χ0) is 24.5. The van der Waals surface area contributed by atoms with Crippen molar-refractivity contribution in [1.82, 2.24) is 19.4 Å². The number of aromatic amines is 1. The summed E-state index contributed by atoms with van der Waals surface area (Å²) in [4.78, 5) is 56.9. The van der Waals surface area contributed by atoms with Crippen LogP contribution >= 0.6 is 0 Å². The molecule has 2 fully saturated rings. The molecular formula is C27H30N4O4. The van der Waals surface area contributed by atoms with Crippen molar-refractivity contribution < 1.29 is 9.59 Å². The van der Waals surface area contributed by atoms with Crippen LogP contribution in [0.25, 0.3) is 10.9 Å². The van der Waals surface area contributed by atoms with E-state index in [9.17, 15) is 19.2 Å². The molecule has 2 aromatic carbocycles. The van der Waals surface area contributed by atoms with Gasteiger partial charge in [-0.15, -0.1) is 0 Å². The number of benzene rings is 2. The fraction of sp³-hybridized carbons (Fsp3) is 0.407. The van der Waals surface area contributed by atoms with Crippen LogP contribution in [0.15, 0.2) is 52.1 Å². The van der Waals surface area contributed by atoms with Gasteiger partial charge in [-0.05, 0) is 49.6 Å². The standard InChI is InChI=1S/C27H30N4O4/c1-18-9-10-23-22(15-18)24(32)28-27(35)31(23)17-19-5-4-8-21(16-19)26(34)30-13-11-29(12-14-30)25(33)20-6-2-3-7-20/h4-5,8-10,15-16,20H,2-3,6-7,11-14,17H2,1H3,(H,28,32,35). The highest BCUT2D eigenvalue weighted by molar-refractivity contribution is 5.94. The first kappa shape index (κ1) is 23.1. The summed E-state index contributed by atoms with van der Waals surface area (Å²) in [6.45, 7) is 4.31. The van der Waals surface area contributed by atoms with Gasteiger partial charge < -0.3 is 9.80 Å². The quantitative estimate of drug-likeness (QED) is 0.629. The number of hydrogen-bond donors (Lipinski definition) is 1. The molecular weight excluding hydrogens is 444 g/mol. The molecule has 1 aliphatic carbocycles. The van der Waals surface area contributed by atoms with E-state index in [2.05, 4.69) is 4.98 Å². The maximum absolute atomic E-state index is 13.2. The number of hydrogen-bond acceptors (Lipinski definition) is 4. The van der Waals surface area contributed by atoms with Crippen LogP contribution in [0.4, 0.5) is 0 Å². The summed E-state index contributed by atoms with van der Waals surface area (Å²) >= 11 is 0. The number of aromatic nitrogens is 2. The predicted octanol–water partition coefficient (Wildman–Crippen LogP) is 2.52. The molecule has 0 radical (unpaired) electrons. The van der Waals surface area contributed by atoms with Crippen LogP contribution in [0.3, 0.4) is 0 Å². The Kier molecular flexibility index (Phi) is 6.28. The Morgan fingerprint density at radius 1 is 0.943 bits per heavy atom. The SMILES string of the molecule is Cc1ccc2c(c1)c(=O)[nH]c(=O)n2Cc1cccc(C(=O)N2CCN(C(=O)C3CCCC3)CC2)c1. The molecule has 0 atom stereocenters. The predicted molar refractivity (Wildman–Crippen MR) is 134 cm³/mol. The molecule has 0 unspecified atom stereocenters. The van der Waals surface area contributed by atoms with Crippen LogP contribution in [0.5, 0.6) is 0 Å². The third-order valence-corrected chi connectivity index (χ3v) is 7.25. The van der Waals surface area contributed by atoms with Gasteiger partial charge in [-0.25, -0.2) is 4.79 Å². The minimum Gasteiger partial charge on any atom is -0.339 e. The van der Waals surface area contributed by atoms with E-state index in [0.29, 0.717) is 42.6 Å². The van der Waals surface area contributed by atoms with E-state index in [0.717, 1.165) is 36.8 Å². The summed E-state index contributed by atoms with van der Waals surface area (Å²) in [5.41, 5.74) is 1.96. The molecule has 35 heavy (non-hydrogen) atoms. The first-order valence-corrected chi connectivity index (χ1v) is 12.3. The van der Waals surface area contributed by atoms with Crippen LogP contribution in [0.2, 0.25) is 0 Å². The number of nitrogens with zero attached hydrogens (tertiary/aromatic N) is 3. The largest absolute Gasteiger partial charge is 0.339 e. The van der Waals surface area contributed by atoms with Crippen molar-refractivity contribution in [2.45, 2.75) is 39.2 Å². The zero-order valence-electron chi connectivity index (χ0n) is 20.0. The monoisotopic (exact) mass is 474 g/mol. The Morgan fingerprint density at radius 3 is 2.40 bits per heavy atom. The van der Waals surface area contributed by atoms with Crippen molar-refractivity contribution in [1.29, 1.82) is 0 Å². The molecule has 8 heteroatoms. The average molecular weight is 475 g/mol. The lowest BCUT2D eigenvalue weighted by Gasteiger charge is -2.36. The van der Waals surface area contributed by atoms with Gasteiger partial charge in [0.1, 0.15) is 0 Å². The number of rotatable bonds is 4. The lowest BCUT2D eigenvalue weighted by Crippen LogP contribution is -2.51. The smallest absolute Gasteiger partial charge is 0.329 e. The molecule has 0 spiro atoms. The van der Waals surface area contributed by atoms with Crippen molar-refractivity contribution in [3.05, 3.63) is 80.0 Å². The fourth-order valence-corrected chi connectivity index (χ4v) is 5.29. The van der Waals surface area contributed by atoms with Gasteiger partial charge in [0.25, 0.3) is 11.5 Å². The Labute approximate surface area is 203 Å². The number of piperazine rings is 1. The third-order valence-electron chi connectivity index (χ3n) is 7.25. The Bertz CT molecular complexity index is 1390. The summed E-state index contributed by atoms with van der Waals surface area (Å²) < 4.78 is 1.52. The molecule has 1 aromatic heterocycles. The second-order valence-electron chi connectivity index (χ2n) is 9.67. The molecule has 2 amide bonds. The first-order chi connectivity index (χ1) is 16.9. The number of fused-ring (bicyclic) bond motifs is 1.